The molecule has 0 radical (unpaired) electrons. The van der Waals surface area contributed by atoms with Crippen LogP contribution in [0.2, 0.25) is 0 Å². The summed E-state index contributed by atoms with van der Waals surface area (Å²) < 4.78 is 41.1. The van der Waals surface area contributed by atoms with Crippen LogP contribution in [-0.4, -0.2) is 38.4 Å². The molecule has 7 heteroatoms. The van der Waals surface area contributed by atoms with Crippen molar-refractivity contribution >= 4 is 15.9 Å². The van der Waals surface area contributed by atoms with Crippen LogP contribution in [0.5, 0.6) is 0 Å². The molecule has 0 aromatic heterocycles. The number of benzene rings is 2. The average Bonchev–Trinajstić information content (AvgIpc) is 2.63. The maximum absolute atomic E-state index is 13.7. The Balaban J connectivity index is 1.61. The fourth-order valence-corrected chi connectivity index (χ4v) is 4.22. The first-order valence-electron chi connectivity index (χ1n) is 8.08. The van der Waals surface area contributed by atoms with E-state index >= 15 is 0 Å². The molecule has 0 bridgehead atoms. The topological polar surface area (TPSA) is 66.5 Å². The maximum atomic E-state index is 13.7. The van der Waals surface area contributed by atoms with E-state index in [1.54, 1.807) is 41.3 Å². The molecule has 1 fully saturated rings. The van der Waals surface area contributed by atoms with Crippen LogP contribution in [0.3, 0.4) is 0 Å². The number of carbonyl (C=O) groups is 1. The first-order valence-corrected chi connectivity index (χ1v) is 9.57. The molecule has 0 saturated carbocycles. The van der Waals surface area contributed by atoms with Gasteiger partial charge >= 0.3 is 0 Å². The van der Waals surface area contributed by atoms with Gasteiger partial charge in [-0.25, -0.2) is 17.5 Å². The number of nitrogens with one attached hydrogen (secondary N) is 1. The quantitative estimate of drug-likeness (QED) is 0.908. The number of likely N-dealkylation sites (tertiary alicyclic amines) is 1. The SMILES string of the molecule is O=C(c1ccccc1F)N1CCC(NS(=O)(=O)c2ccccc2)CC1. The number of carbonyl (C=O) groups excluding carboxylic acids is 1. The molecule has 132 valence electrons. The van der Waals surface area contributed by atoms with Crippen LogP contribution in [0.1, 0.15) is 23.2 Å². The van der Waals surface area contributed by atoms with Gasteiger partial charge in [0.25, 0.3) is 5.91 Å². The van der Waals surface area contributed by atoms with Gasteiger partial charge in [0.05, 0.1) is 10.5 Å². The predicted octanol–water partition coefficient (Wildman–Crippen LogP) is 2.41. The van der Waals surface area contributed by atoms with Crippen molar-refractivity contribution in [3.05, 3.63) is 66.0 Å². The standard InChI is InChI=1S/C18H19FN2O3S/c19-17-9-5-4-8-16(17)18(22)21-12-10-14(11-13-21)20-25(23,24)15-6-2-1-3-7-15/h1-9,14,20H,10-13H2. The number of hydrogen-bond donors (Lipinski definition) is 1. The van der Waals surface area contributed by atoms with Crippen molar-refractivity contribution in [2.75, 3.05) is 13.1 Å². The molecule has 0 spiro atoms. The van der Waals surface area contributed by atoms with Crippen molar-refractivity contribution in [3.63, 3.8) is 0 Å². The molecular formula is C18H19FN2O3S. The van der Waals surface area contributed by atoms with E-state index in [2.05, 4.69) is 4.72 Å². The lowest BCUT2D eigenvalue weighted by atomic mass is 10.0. The van der Waals surface area contributed by atoms with Gasteiger partial charge in [-0.3, -0.25) is 4.79 Å². The van der Waals surface area contributed by atoms with Crippen molar-refractivity contribution in [1.29, 1.82) is 0 Å². The summed E-state index contributed by atoms with van der Waals surface area (Å²) in [6, 6.07) is 13.8. The minimum absolute atomic E-state index is 0.0471. The van der Waals surface area contributed by atoms with E-state index in [0.717, 1.165) is 0 Å². The van der Waals surface area contributed by atoms with Gasteiger partial charge in [0.15, 0.2) is 0 Å². The molecule has 1 heterocycles. The summed E-state index contributed by atoms with van der Waals surface area (Å²) in [6.45, 7) is 0.768. The summed E-state index contributed by atoms with van der Waals surface area (Å²) in [6.07, 6.45) is 0.985. The van der Waals surface area contributed by atoms with Crippen LogP contribution >= 0.6 is 0 Å². The lowest BCUT2D eigenvalue weighted by molar-refractivity contribution is 0.0706. The third kappa shape index (κ3) is 4.05. The van der Waals surface area contributed by atoms with Gasteiger partial charge in [0.2, 0.25) is 10.0 Å². The molecule has 3 rings (SSSR count). The summed E-state index contributed by atoms with van der Waals surface area (Å²) in [5.41, 5.74) is 0.0471. The number of rotatable bonds is 4. The summed E-state index contributed by atoms with van der Waals surface area (Å²) >= 11 is 0. The zero-order chi connectivity index (χ0) is 17.9. The van der Waals surface area contributed by atoms with Crippen LogP contribution < -0.4 is 4.72 Å². The van der Waals surface area contributed by atoms with Crippen molar-refractivity contribution < 1.29 is 17.6 Å². The van der Waals surface area contributed by atoms with Crippen molar-refractivity contribution in [1.82, 2.24) is 9.62 Å². The van der Waals surface area contributed by atoms with Gasteiger partial charge in [-0.05, 0) is 37.1 Å². The second-order valence-electron chi connectivity index (χ2n) is 5.98. The highest BCUT2D eigenvalue weighted by Gasteiger charge is 2.27. The number of sulfonamides is 1. The normalized spacial score (nSPS) is 16.0. The van der Waals surface area contributed by atoms with E-state index in [9.17, 15) is 17.6 Å². The van der Waals surface area contributed by atoms with Crippen molar-refractivity contribution in [2.45, 2.75) is 23.8 Å². The largest absolute Gasteiger partial charge is 0.338 e. The second kappa shape index (κ2) is 7.33. The number of nitrogens with zero attached hydrogens (tertiary/aromatic N) is 1. The van der Waals surface area contributed by atoms with Gasteiger partial charge in [-0.2, -0.15) is 0 Å². The fraction of sp³-hybridized carbons (Fsp3) is 0.278. The molecule has 1 saturated heterocycles. The number of halogens is 1. The smallest absolute Gasteiger partial charge is 0.256 e. The first-order chi connectivity index (χ1) is 12.0. The fourth-order valence-electron chi connectivity index (χ4n) is 2.89. The van der Waals surface area contributed by atoms with Gasteiger partial charge < -0.3 is 4.90 Å². The van der Waals surface area contributed by atoms with Gasteiger partial charge in [-0.15, -0.1) is 0 Å². The van der Waals surface area contributed by atoms with Crippen molar-refractivity contribution in [3.8, 4) is 0 Å². The Hall–Kier alpha value is -2.25. The molecule has 2 aromatic carbocycles. The lowest BCUT2D eigenvalue weighted by Gasteiger charge is -2.32. The third-order valence-electron chi connectivity index (χ3n) is 4.26. The summed E-state index contributed by atoms with van der Waals surface area (Å²) in [5, 5.41) is 0. The highest BCUT2D eigenvalue weighted by atomic mass is 32.2. The first kappa shape index (κ1) is 17.6. The Kier molecular flexibility index (Phi) is 5.15. The molecule has 2 aromatic rings. The minimum Gasteiger partial charge on any atom is -0.338 e. The van der Waals surface area contributed by atoms with Crippen LogP contribution in [0.4, 0.5) is 4.39 Å². The van der Waals surface area contributed by atoms with Gasteiger partial charge in [0, 0.05) is 19.1 Å². The number of piperidine rings is 1. The summed E-state index contributed by atoms with van der Waals surface area (Å²) in [4.78, 5) is 14.2. The molecule has 1 aliphatic rings. The summed E-state index contributed by atoms with van der Waals surface area (Å²) in [7, 11) is -3.57. The second-order valence-corrected chi connectivity index (χ2v) is 7.69. The van der Waals surface area contributed by atoms with E-state index in [0.29, 0.717) is 25.9 Å². The lowest BCUT2D eigenvalue weighted by Crippen LogP contribution is -2.46. The molecule has 0 unspecified atom stereocenters. The highest BCUT2D eigenvalue weighted by Crippen LogP contribution is 2.18. The Labute approximate surface area is 146 Å². The molecule has 1 amide bonds. The van der Waals surface area contributed by atoms with Crippen LogP contribution in [0.15, 0.2) is 59.5 Å². The molecule has 0 atom stereocenters. The Morgan fingerprint density at radius 1 is 1.00 bits per heavy atom. The average molecular weight is 362 g/mol. The number of amides is 1. The predicted molar refractivity (Wildman–Crippen MR) is 92.1 cm³/mol. The molecule has 1 aliphatic heterocycles. The monoisotopic (exact) mass is 362 g/mol. The molecule has 1 N–H and O–H groups in total. The highest BCUT2D eigenvalue weighted by molar-refractivity contribution is 7.89. The van der Waals surface area contributed by atoms with Crippen LogP contribution in [0, 0.1) is 5.82 Å². The van der Waals surface area contributed by atoms with E-state index < -0.39 is 15.8 Å². The summed E-state index contributed by atoms with van der Waals surface area (Å²) in [5.74, 6) is -0.901. The van der Waals surface area contributed by atoms with Gasteiger partial charge in [-0.1, -0.05) is 30.3 Å². The van der Waals surface area contributed by atoms with Crippen LogP contribution in [0.25, 0.3) is 0 Å². The molecule has 25 heavy (non-hydrogen) atoms. The van der Waals surface area contributed by atoms with Crippen molar-refractivity contribution in [2.24, 2.45) is 0 Å². The molecule has 0 aliphatic carbocycles. The zero-order valence-electron chi connectivity index (χ0n) is 13.6. The number of hydrogen-bond acceptors (Lipinski definition) is 3. The van der Waals surface area contributed by atoms with Crippen LogP contribution in [-0.2, 0) is 10.0 Å². The zero-order valence-corrected chi connectivity index (χ0v) is 14.4. The Morgan fingerprint density at radius 2 is 1.60 bits per heavy atom. The minimum atomic E-state index is -3.57. The van der Waals surface area contributed by atoms with E-state index in [-0.39, 0.29) is 22.4 Å². The van der Waals surface area contributed by atoms with E-state index in [4.69, 9.17) is 0 Å². The molecule has 5 nitrogen and oxygen atoms in total. The Morgan fingerprint density at radius 3 is 2.24 bits per heavy atom. The van der Waals surface area contributed by atoms with Gasteiger partial charge in [0.1, 0.15) is 5.82 Å². The third-order valence-corrected chi connectivity index (χ3v) is 5.80. The van der Waals surface area contributed by atoms with E-state index in [1.165, 1.54) is 18.2 Å². The maximum Gasteiger partial charge on any atom is 0.256 e. The van der Waals surface area contributed by atoms with E-state index in [1.807, 2.05) is 0 Å². The molecular weight excluding hydrogens is 343 g/mol. The Bertz CT molecular complexity index is 848.